The van der Waals surface area contributed by atoms with E-state index in [0.717, 1.165) is 0 Å². The average Bonchev–Trinajstić information content (AvgIpc) is 2.87. The molecule has 2 heteroatoms. The second kappa shape index (κ2) is 5.09. The maximum Gasteiger partial charge on any atom is 0.0705 e. The predicted octanol–water partition coefficient (Wildman–Crippen LogP) is 5.84. The lowest BCUT2D eigenvalue weighted by Gasteiger charge is -2.03. The van der Waals surface area contributed by atoms with Crippen molar-refractivity contribution in [2.45, 2.75) is 0 Å². The third kappa shape index (κ3) is 2.40. The van der Waals surface area contributed by atoms with Crippen molar-refractivity contribution in [3.05, 3.63) is 70.5 Å². The Labute approximate surface area is 119 Å². The normalized spacial score (nSPS) is 10.5. The number of hydrogen-bond donors (Lipinski definition) is 0. The summed E-state index contributed by atoms with van der Waals surface area (Å²) < 4.78 is 1.17. The molecule has 0 nitrogen and oxygen atoms in total. The van der Waals surface area contributed by atoms with Crippen LogP contribution in [0.15, 0.2) is 70.5 Å². The van der Waals surface area contributed by atoms with Crippen molar-refractivity contribution in [2.24, 2.45) is 0 Å². The van der Waals surface area contributed by atoms with Crippen LogP contribution in [-0.4, -0.2) is 0 Å². The largest absolute Gasteiger partial charge is 0.128 e. The van der Waals surface area contributed by atoms with Crippen LogP contribution in [0.5, 0.6) is 0 Å². The first kappa shape index (κ1) is 11.7. The highest BCUT2D eigenvalue weighted by molar-refractivity contribution is 9.11. The van der Waals surface area contributed by atoms with Crippen LogP contribution in [0.2, 0.25) is 0 Å². The number of thiophene rings is 1. The standard InChI is InChI=1S/C16H11BrS/c17-16-11-10-15(18-16)14-8-6-13(7-9-14)12-4-2-1-3-5-12/h1-11H. The van der Waals surface area contributed by atoms with E-state index in [1.54, 1.807) is 11.3 Å². The van der Waals surface area contributed by atoms with Gasteiger partial charge in [0.25, 0.3) is 0 Å². The molecule has 0 fully saturated rings. The molecule has 0 radical (unpaired) electrons. The summed E-state index contributed by atoms with van der Waals surface area (Å²) in [5.41, 5.74) is 3.79. The Bertz CT molecular complexity index is 638. The first-order chi connectivity index (χ1) is 8.83. The summed E-state index contributed by atoms with van der Waals surface area (Å²) in [6, 6.07) is 23.4. The van der Waals surface area contributed by atoms with E-state index < -0.39 is 0 Å². The Kier molecular flexibility index (Phi) is 3.31. The first-order valence-corrected chi connectivity index (χ1v) is 7.35. The number of hydrogen-bond acceptors (Lipinski definition) is 1. The minimum Gasteiger partial charge on any atom is -0.128 e. The van der Waals surface area contributed by atoms with Gasteiger partial charge in [0.15, 0.2) is 0 Å². The molecule has 0 bridgehead atoms. The van der Waals surface area contributed by atoms with E-state index in [9.17, 15) is 0 Å². The summed E-state index contributed by atoms with van der Waals surface area (Å²) in [6.45, 7) is 0. The fourth-order valence-corrected chi connectivity index (χ4v) is 3.32. The molecule has 0 saturated heterocycles. The summed E-state index contributed by atoms with van der Waals surface area (Å²) in [5, 5.41) is 0. The monoisotopic (exact) mass is 314 g/mol. The first-order valence-electron chi connectivity index (χ1n) is 5.74. The van der Waals surface area contributed by atoms with Gasteiger partial charge in [-0.25, -0.2) is 0 Å². The molecule has 0 atom stereocenters. The number of benzene rings is 2. The fourth-order valence-electron chi connectivity index (χ4n) is 1.93. The van der Waals surface area contributed by atoms with E-state index in [1.807, 2.05) is 6.07 Å². The second-order valence-electron chi connectivity index (χ2n) is 4.05. The van der Waals surface area contributed by atoms with Gasteiger partial charge < -0.3 is 0 Å². The molecular weight excluding hydrogens is 304 g/mol. The molecule has 18 heavy (non-hydrogen) atoms. The minimum atomic E-state index is 1.17. The summed E-state index contributed by atoms with van der Waals surface area (Å²) in [7, 11) is 0. The van der Waals surface area contributed by atoms with Crippen LogP contribution in [0.3, 0.4) is 0 Å². The molecule has 0 amide bonds. The highest BCUT2D eigenvalue weighted by atomic mass is 79.9. The third-order valence-corrected chi connectivity index (χ3v) is 4.52. The second-order valence-corrected chi connectivity index (χ2v) is 6.51. The van der Waals surface area contributed by atoms with Crippen molar-refractivity contribution < 1.29 is 0 Å². The van der Waals surface area contributed by atoms with Crippen LogP contribution in [0.1, 0.15) is 0 Å². The van der Waals surface area contributed by atoms with Crippen LogP contribution in [0.25, 0.3) is 21.6 Å². The third-order valence-electron chi connectivity index (χ3n) is 2.85. The molecule has 0 spiro atoms. The minimum absolute atomic E-state index is 1.17. The van der Waals surface area contributed by atoms with Gasteiger partial charge in [-0.15, -0.1) is 11.3 Å². The summed E-state index contributed by atoms with van der Waals surface area (Å²) in [5.74, 6) is 0. The average molecular weight is 315 g/mol. The molecule has 3 aromatic rings. The van der Waals surface area contributed by atoms with Gasteiger partial charge in [0.1, 0.15) is 0 Å². The molecule has 2 aromatic carbocycles. The van der Waals surface area contributed by atoms with Crippen molar-refractivity contribution in [3.63, 3.8) is 0 Å². The van der Waals surface area contributed by atoms with E-state index in [1.165, 1.54) is 25.4 Å². The Balaban J connectivity index is 1.94. The highest BCUT2D eigenvalue weighted by Crippen LogP contribution is 2.32. The van der Waals surface area contributed by atoms with E-state index in [4.69, 9.17) is 0 Å². The smallest absolute Gasteiger partial charge is 0.0705 e. The number of rotatable bonds is 2. The maximum atomic E-state index is 3.50. The van der Waals surface area contributed by atoms with Crippen LogP contribution in [0, 0.1) is 0 Å². The van der Waals surface area contributed by atoms with Gasteiger partial charge in [-0.05, 0) is 44.8 Å². The van der Waals surface area contributed by atoms with Gasteiger partial charge in [-0.2, -0.15) is 0 Å². The maximum absolute atomic E-state index is 3.50. The van der Waals surface area contributed by atoms with Gasteiger partial charge in [0.2, 0.25) is 0 Å². The van der Waals surface area contributed by atoms with Crippen LogP contribution in [-0.2, 0) is 0 Å². The Morgan fingerprint density at radius 2 is 1.22 bits per heavy atom. The van der Waals surface area contributed by atoms with E-state index in [0.29, 0.717) is 0 Å². The Hall–Kier alpha value is -1.38. The Morgan fingerprint density at radius 3 is 1.83 bits per heavy atom. The van der Waals surface area contributed by atoms with Gasteiger partial charge in [0, 0.05) is 4.88 Å². The van der Waals surface area contributed by atoms with Gasteiger partial charge in [-0.3, -0.25) is 0 Å². The SMILES string of the molecule is Brc1ccc(-c2ccc(-c3ccccc3)cc2)s1. The zero-order valence-electron chi connectivity index (χ0n) is 9.64. The molecule has 0 aliphatic heterocycles. The fraction of sp³-hybridized carbons (Fsp3) is 0. The van der Waals surface area contributed by atoms with Crippen LogP contribution >= 0.6 is 27.3 Å². The van der Waals surface area contributed by atoms with Crippen molar-refractivity contribution >= 4 is 27.3 Å². The molecule has 0 aliphatic carbocycles. The zero-order chi connectivity index (χ0) is 12.4. The molecule has 1 aromatic heterocycles. The molecule has 0 aliphatic rings. The highest BCUT2D eigenvalue weighted by Gasteiger charge is 2.02. The summed E-state index contributed by atoms with van der Waals surface area (Å²) in [6.07, 6.45) is 0. The van der Waals surface area contributed by atoms with E-state index in [2.05, 4.69) is 76.6 Å². The summed E-state index contributed by atoms with van der Waals surface area (Å²) >= 11 is 5.26. The zero-order valence-corrected chi connectivity index (χ0v) is 12.0. The van der Waals surface area contributed by atoms with E-state index in [-0.39, 0.29) is 0 Å². The van der Waals surface area contributed by atoms with Gasteiger partial charge >= 0.3 is 0 Å². The van der Waals surface area contributed by atoms with Crippen molar-refractivity contribution in [2.75, 3.05) is 0 Å². The molecule has 1 heterocycles. The van der Waals surface area contributed by atoms with Crippen molar-refractivity contribution in [3.8, 4) is 21.6 Å². The number of halogens is 1. The van der Waals surface area contributed by atoms with Gasteiger partial charge in [0.05, 0.1) is 3.79 Å². The van der Waals surface area contributed by atoms with Gasteiger partial charge in [-0.1, -0.05) is 54.6 Å². The van der Waals surface area contributed by atoms with Crippen molar-refractivity contribution in [1.29, 1.82) is 0 Å². The molecule has 0 unspecified atom stereocenters. The van der Waals surface area contributed by atoms with Crippen LogP contribution < -0.4 is 0 Å². The lowest BCUT2D eigenvalue weighted by Crippen LogP contribution is -1.77. The lowest BCUT2D eigenvalue weighted by atomic mass is 10.0. The van der Waals surface area contributed by atoms with E-state index >= 15 is 0 Å². The molecule has 0 N–H and O–H groups in total. The molecular formula is C16H11BrS. The molecule has 88 valence electrons. The predicted molar refractivity (Wildman–Crippen MR) is 82.9 cm³/mol. The van der Waals surface area contributed by atoms with Crippen LogP contribution in [0.4, 0.5) is 0 Å². The lowest BCUT2D eigenvalue weighted by molar-refractivity contribution is 1.62. The topological polar surface area (TPSA) is 0 Å². The summed E-state index contributed by atoms with van der Waals surface area (Å²) in [4.78, 5) is 1.29. The van der Waals surface area contributed by atoms with Crippen molar-refractivity contribution in [1.82, 2.24) is 0 Å². The molecule has 0 saturated carbocycles. The molecule has 3 rings (SSSR count). The Morgan fingerprint density at radius 1 is 0.611 bits per heavy atom. The quantitative estimate of drug-likeness (QED) is 0.557.